The number of nitrogens with one attached hydrogen (secondary N) is 2. The van der Waals surface area contributed by atoms with Crippen molar-refractivity contribution < 1.29 is 17.9 Å². The third-order valence-electron chi connectivity index (χ3n) is 5.28. The Morgan fingerprint density at radius 2 is 1.79 bits per heavy atom. The number of hydrogen-bond donors (Lipinski definition) is 2. The van der Waals surface area contributed by atoms with Gasteiger partial charge in [0.15, 0.2) is 0 Å². The van der Waals surface area contributed by atoms with Gasteiger partial charge < -0.3 is 14.5 Å². The number of pyridine rings is 1. The molecule has 2 aromatic heterocycles. The van der Waals surface area contributed by atoms with Gasteiger partial charge >= 0.3 is 0 Å². The summed E-state index contributed by atoms with van der Waals surface area (Å²) in [4.78, 5) is 17.2. The van der Waals surface area contributed by atoms with Gasteiger partial charge in [0.1, 0.15) is 18.0 Å². The molecule has 1 amide bonds. The van der Waals surface area contributed by atoms with Gasteiger partial charge in [-0.15, -0.1) is 0 Å². The predicted molar refractivity (Wildman–Crippen MR) is 133 cm³/mol. The Hall–Kier alpha value is -3.85. The summed E-state index contributed by atoms with van der Waals surface area (Å²) in [5.41, 5.74) is 5.07. The molecule has 0 radical (unpaired) electrons. The minimum Gasteiger partial charge on any atom is -0.487 e. The lowest BCUT2D eigenvalue weighted by Gasteiger charge is -2.12. The maximum Gasteiger partial charge on any atom is 0.255 e. The van der Waals surface area contributed by atoms with Crippen LogP contribution >= 0.6 is 0 Å². The van der Waals surface area contributed by atoms with Crippen LogP contribution in [0, 0.1) is 13.8 Å². The van der Waals surface area contributed by atoms with Gasteiger partial charge in [0.05, 0.1) is 17.1 Å². The Balaban J connectivity index is 1.36. The molecule has 176 valence electrons. The second-order valence-electron chi connectivity index (χ2n) is 8.01. The van der Waals surface area contributed by atoms with Crippen LogP contribution in [-0.4, -0.2) is 29.5 Å². The van der Waals surface area contributed by atoms with Crippen LogP contribution < -0.4 is 14.8 Å². The molecule has 0 aliphatic carbocycles. The SMILES string of the molecule is CCS(=O)(=O)Nc1ccc(NC(=O)c2ccc(OCc3cn4cc(C)ccc4n3)cc2)cc1C. The molecule has 2 N–H and O–H groups in total. The van der Waals surface area contributed by atoms with E-state index < -0.39 is 10.0 Å². The maximum absolute atomic E-state index is 12.6. The molecule has 0 fully saturated rings. The van der Waals surface area contributed by atoms with Crippen molar-refractivity contribution in [2.24, 2.45) is 0 Å². The van der Waals surface area contributed by atoms with Crippen molar-refractivity contribution in [3.05, 3.63) is 89.4 Å². The number of sulfonamides is 1. The van der Waals surface area contributed by atoms with E-state index in [2.05, 4.69) is 15.0 Å². The van der Waals surface area contributed by atoms with Crippen molar-refractivity contribution in [1.29, 1.82) is 0 Å². The van der Waals surface area contributed by atoms with Gasteiger partial charge in [-0.2, -0.15) is 0 Å². The van der Waals surface area contributed by atoms with E-state index in [1.807, 2.05) is 35.9 Å². The first-order valence-corrected chi connectivity index (χ1v) is 12.5. The monoisotopic (exact) mass is 478 g/mol. The molecule has 0 saturated heterocycles. The number of rotatable bonds is 8. The minimum atomic E-state index is -3.36. The van der Waals surface area contributed by atoms with Gasteiger partial charge in [0, 0.05) is 23.6 Å². The number of nitrogens with zero attached hydrogens (tertiary/aromatic N) is 2. The first-order chi connectivity index (χ1) is 16.2. The van der Waals surface area contributed by atoms with Gasteiger partial charge in [0.25, 0.3) is 5.91 Å². The van der Waals surface area contributed by atoms with Crippen molar-refractivity contribution >= 4 is 33.0 Å². The number of carbonyl (C=O) groups is 1. The Bertz CT molecular complexity index is 1440. The molecule has 0 bridgehead atoms. The van der Waals surface area contributed by atoms with E-state index in [4.69, 9.17) is 4.74 Å². The Kier molecular flexibility index (Phi) is 6.56. The van der Waals surface area contributed by atoms with Crippen LogP contribution in [0.25, 0.3) is 5.65 Å². The second-order valence-corrected chi connectivity index (χ2v) is 10.0. The summed E-state index contributed by atoms with van der Waals surface area (Å²) in [6.45, 7) is 5.70. The van der Waals surface area contributed by atoms with Gasteiger partial charge in [-0.05, 0) is 80.4 Å². The van der Waals surface area contributed by atoms with Crippen molar-refractivity contribution in [2.45, 2.75) is 27.4 Å². The maximum atomic E-state index is 12.6. The Morgan fingerprint density at radius 3 is 2.50 bits per heavy atom. The van der Waals surface area contributed by atoms with Crippen LogP contribution in [0.4, 0.5) is 11.4 Å². The molecule has 34 heavy (non-hydrogen) atoms. The van der Waals surface area contributed by atoms with Crippen LogP contribution in [-0.2, 0) is 16.6 Å². The van der Waals surface area contributed by atoms with Gasteiger partial charge in [-0.25, -0.2) is 13.4 Å². The molecule has 0 aliphatic heterocycles. The van der Waals surface area contributed by atoms with Crippen LogP contribution in [0.15, 0.2) is 67.0 Å². The number of imidazole rings is 1. The van der Waals surface area contributed by atoms with E-state index in [1.165, 1.54) is 0 Å². The highest BCUT2D eigenvalue weighted by Crippen LogP contribution is 2.22. The van der Waals surface area contributed by atoms with Crippen LogP contribution in [0.1, 0.15) is 34.1 Å². The summed E-state index contributed by atoms with van der Waals surface area (Å²) in [7, 11) is -3.36. The van der Waals surface area contributed by atoms with E-state index in [0.29, 0.717) is 34.9 Å². The molecule has 0 aliphatic rings. The quantitative estimate of drug-likeness (QED) is 0.387. The number of benzene rings is 2. The van der Waals surface area contributed by atoms with Crippen molar-refractivity contribution in [1.82, 2.24) is 9.38 Å². The van der Waals surface area contributed by atoms with E-state index in [1.54, 1.807) is 56.3 Å². The summed E-state index contributed by atoms with van der Waals surface area (Å²) < 4.78 is 33.9. The predicted octanol–water partition coefficient (Wildman–Crippen LogP) is 4.54. The number of aryl methyl sites for hydroxylation is 2. The fraction of sp³-hybridized carbons (Fsp3) is 0.200. The molecular weight excluding hydrogens is 452 g/mol. The highest BCUT2D eigenvalue weighted by Gasteiger charge is 2.11. The van der Waals surface area contributed by atoms with E-state index in [9.17, 15) is 13.2 Å². The molecule has 8 nitrogen and oxygen atoms in total. The fourth-order valence-corrected chi connectivity index (χ4v) is 4.09. The number of hydrogen-bond acceptors (Lipinski definition) is 5. The Labute approximate surface area is 198 Å². The highest BCUT2D eigenvalue weighted by atomic mass is 32.2. The number of ether oxygens (including phenoxy) is 1. The van der Waals surface area contributed by atoms with Crippen molar-refractivity contribution in [2.75, 3.05) is 15.8 Å². The zero-order valence-corrected chi connectivity index (χ0v) is 20.0. The number of aromatic nitrogens is 2. The zero-order chi connectivity index (χ0) is 24.3. The zero-order valence-electron chi connectivity index (χ0n) is 19.2. The van der Waals surface area contributed by atoms with Crippen LogP contribution in [0.5, 0.6) is 5.75 Å². The van der Waals surface area contributed by atoms with Crippen molar-refractivity contribution in [3.8, 4) is 5.75 Å². The number of fused-ring (bicyclic) bond motifs is 1. The fourth-order valence-electron chi connectivity index (χ4n) is 3.38. The number of anilines is 2. The molecule has 2 heterocycles. The van der Waals surface area contributed by atoms with Crippen molar-refractivity contribution in [3.63, 3.8) is 0 Å². The lowest BCUT2D eigenvalue weighted by molar-refractivity contribution is 0.102. The third-order valence-corrected chi connectivity index (χ3v) is 6.57. The molecule has 4 aromatic rings. The third kappa shape index (κ3) is 5.55. The summed E-state index contributed by atoms with van der Waals surface area (Å²) in [6, 6.07) is 15.8. The molecule has 4 rings (SSSR count). The topological polar surface area (TPSA) is 102 Å². The first kappa shape index (κ1) is 23.3. The van der Waals surface area contributed by atoms with E-state index in [-0.39, 0.29) is 11.7 Å². The normalized spacial score (nSPS) is 11.4. The molecule has 2 aromatic carbocycles. The lowest BCUT2D eigenvalue weighted by Crippen LogP contribution is -2.16. The number of amides is 1. The molecule has 0 saturated carbocycles. The van der Waals surface area contributed by atoms with Gasteiger partial charge in [-0.1, -0.05) is 6.07 Å². The number of carbonyl (C=O) groups excluding carboxylic acids is 1. The standard InChI is InChI=1S/C25H26N4O4S/c1-4-34(31,32)28-23-11-8-20(13-18(23)3)27-25(30)19-6-9-22(10-7-19)33-16-21-15-29-14-17(2)5-12-24(29)26-21/h5-15,28H,4,16H2,1-3H3,(H,27,30). The highest BCUT2D eigenvalue weighted by molar-refractivity contribution is 7.92. The summed E-state index contributed by atoms with van der Waals surface area (Å²) in [5, 5.41) is 2.83. The molecular formula is C25H26N4O4S. The van der Waals surface area contributed by atoms with Gasteiger partial charge in [0.2, 0.25) is 10.0 Å². The first-order valence-electron chi connectivity index (χ1n) is 10.8. The smallest absolute Gasteiger partial charge is 0.255 e. The summed E-state index contributed by atoms with van der Waals surface area (Å²) >= 11 is 0. The molecule has 0 spiro atoms. The lowest BCUT2D eigenvalue weighted by atomic mass is 10.1. The van der Waals surface area contributed by atoms with Crippen LogP contribution in [0.3, 0.4) is 0 Å². The summed E-state index contributed by atoms with van der Waals surface area (Å²) in [5.74, 6) is 0.348. The Morgan fingerprint density at radius 1 is 1.03 bits per heavy atom. The average Bonchev–Trinajstić information content (AvgIpc) is 3.22. The average molecular weight is 479 g/mol. The van der Waals surface area contributed by atoms with E-state index in [0.717, 1.165) is 16.9 Å². The van der Waals surface area contributed by atoms with Crippen LogP contribution in [0.2, 0.25) is 0 Å². The largest absolute Gasteiger partial charge is 0.487 e. The summed E-state index contributed by atoms with van der Waals surface area (Å²) in [6.07, 6.45) is 3.95. The molecule has 0 atom stereocenters. The van der Waals surface area contributed by atoms with E-state index >= 15 is 0 Å². The minimum absolute atomic E-state index is 0.0106. The molecule has 9 heteroatoms. The second kappa shape index (κ2) is 9.56. The van der Waals surface area contributed by atoms with Gasteiger partial charge in [-0.3, -0.25) is 9.52 Å². The molecule has 0 unspecified atom stereocenters.